The summed E-state index contributed by atoms with van der Waals surface area (Å²) in [6, 6.07) is 19.0. The van der Waals surface area contributed by atoms with Gasteiger partial charge in [0.1, 0.15) is 5.82 Å². The Morgan fingerprint density at radius 2 is 1.59 bits per heavy atom. The van der Waals surface area contributed by atoms with Gasteiger partial charge in [0, 0.05) is 51.7 Å². The summed E-state index contributed by atoms with van der Waals surface area (Å²) in [5.74, 6) is 1.78. The first-order chi connectivity index (χ1) is 14.1. The number of anilines is 3. The molecule has 0 aliphatic carbocycles. The van der Waals surface area contributed by atoms with Crippen LogP contribution in [0.25, 0.3) is 0 Å². The second-order valence-electron chi connectivity index (χ2n) is 7.75. The van der Waals surface area contributed by atoms with Gasteiger partial charge in [-0.15, -0.1) is 0 Å². The van der Waals surface area contributed by atoms with Crippen molar-refractivity contribution in [2.24, 2.45) is 0 Å². The lowest BCUT2D eigenvalue weighted by molar-refractivity contribution is 0.638. The molecule has 0 amide bonds. The van der Waals surface area contributed by atoms with E-state index in [1.165, 1.54) is 22.4 Å². The molecule has 0 saturated carbocycles. The topological polar surface area (TPSA) is 35.5 Å². The Hall–Kier alpha value is -3.08. The number of rotatable bonds is 5. The van der Waals surface area contributed by atoms with Crippen molar-refractivity contribution in [3.05, 3.63) is 77.5 Å². The molecule has 2 heterocycles. The summed E-state index contributed by atoms with van der Waals surface area (Å²) in [5, 5.41) is 0. The van der Waals surface area contributed by atoms with Gasteiger partial charge in [-0.1, -0.05) is 42.5 Å². The molecule has 3 aromatic rings. The van der Waals surface area contributed by atoms with Gasteiger partial charge >= 0.3 is 0 Å². The highest BCUT2D eigenvalue weighted by Gasteiger charge is 2.21. The lowest BCUT2D eigenvalue weighted by atomic mass is 10.1. The number of nitrogens with zero attached hydrogens (tertiary/aromatic N) is 5. The van der Waals surface area contributed by atoms with Crippen LogP contribution in [0.2, 0.25) is 0 Å². The van der Waals surface area contributed by atoms with Gasteiger partial charge in [0.25, 0.3) is 0 Å². The molecule has 0 bridgehead atoms. The van der Waals surface area contributed by atoms with Gasteiger partial charge in [-0.25, -0.2) is 4.98 Å². The van der Waals surface area contributed by atoms with Crippen LogP contribution in [0.15, 0.2) is 60.8 Å². The van der Waals surface area contributed by atoms with Crippen molar-refractivity contribution in [1.82, 2.24) is 9.97 Å². The third-order valence-electron chi connectivity index (χ3n) is 5.76. The van der Waals surface area contributed by atoms with E-state index in [0.29, 0.717) is 0 Å². The molecule has 150 valence electrons. The highest BCUT2D eigenvalue weighted by atomic mass is 15.3. The first-order valence-corrected chi connectivity index (χ1v) is 10.3. The smallest absolute Gasteiger partial charge is 0.227 e. The van der Waals surface area contributed by atoms with Gasteiger partial charge < -0.3 is 14.7 Å². The molecule has 0 radical (unpaired) electrons. The molecule has 0 spiro atoms. The van der Waals surface area contributed by atoms with Crippen LogP contribution in [0.4, 0.5) is 17.5 Å². The number of hydrogen-bond donors (Lipinski definition) is 0. The van der Waals surface area contributed by atoms with Gasteiger partial charge in [-0.05, 0) is 42.7 Å². The van der Waals surface area contributed by atoms with Crippen LogP contribution in [-0.4, -0.2) is 43.2 Å². The summed E-state index contributed by atoms with van der Waals surface area (Å²) >= 11 is 0. The van der Waals surface area contributed by atoms with E-state index >= 15 is 0 Å². The zero-order chi connectivity index (χ0) is 20.2. The fourth-order valence-corrected chi connectivity index (χ4v) is 3.87. The normalized spacial score (nSPS) is 14.2. The standard InChI is InChI=1S/C24H29N5/c1-19-8-7-11-22(20(19)2)28-14-16-29(17-15-28)24-25-13-12-23(26-24)27(3)18-21-9-5-4-6-10-21/h4-13H,14-18H2,1-3H3. The Balaban J connectivity index is 1.42. The first kappa shape index (κ1) is 19.2. The molecule has 1 aliphatic heterocycles. The second-order valence-corrected chi connectivity index (χ2v) is 7.75. The SMILES string of the molecule is Cc1cccc(N2CCN(c3nccc(N(C)Cc4ccccc4)n3)CC2)c1C. The van der Waals surface area contributed by atoms with E-state index in [0.717, 1.165) is 44.5 Å². The zero-order valence-electron chi connectivity index (χ0n) is 17.5. The molecule has 2 aromatic carbocycles. The molecule has 4 rings (SSSR count). The quantitative estimate of drug-likeness (QED) is 0.660. The number of aryl methyl sites for hydroxylation is 1. The van der Waals surface area contributed by atoms with E-state index in [-0.39, 0.29) is 0 Å². The van der Waals surface area contributed by atoms with Crippen LogP contribution in [0.5, 0.6) is 0 Å². The van der Waals surface area contributed by atoms with Crippen LogP contribution in [0.3, 0.4) is 0 Å². The molecular weight excluding hydrogens is 358 g/mol. The van der Waals surface area contributed by atoms with Crippen LogP contribution < -0.4 is 14.7 Å². The predicted molar refractivity (Wildman–Crippen MR) is 121 cm³/mol. The molecule has 5 nitrogen and oxygen atoms in total. The molecule has 0 N–H and O–H groups in total. The van der Waals surface area contributed by atoms with Crippen molar-refractivity contribution in [2.45, 2.75) is 20.4 Å². The molecule has 0 atom stereocenters. The molecule has 0 unspecified atom stereocenters. The van der Waals surface area contributed by atoms with Crippen molar-refractivity contribution in [2.75, 3.05) is 47.9 Å². The van der Waals surface area contributed by atoms with Gasteiger partial charge in [0.2, 0.25) is 5.95 Å². The average Bonchev–Trinajstić information content (AvgIpc) is 2.77. The van der Waals surface area contributed by atoms with Crippen LogP contribution in [0, 0.1) is 13.8 Å². The van der Waals surface area contributed by atoms with Crippen LogP contribution >= 0.6 is 0 Å². The van der Waals surface area contributed by atoms with E-state index in [9.17, 15) is 0 Å². The van der Waals surface area contributed by atoms with Crippen molar-refractivity contribution in [1.29, 1.82) is 0 Å². The largest absolute Gasteiger partial charge is 0.368 e. The van der Waals surface area contributed by atoms with E-state index in [4.69, 9.17) is 4.98 Å². The van der Waals surface area contributed by atoms with E-state index in [1.807, 2.05) is 18.3 Å². The lowest BCUT2D eigenvalue weighted by Crippen LogP contribution is -2.47. The Morgan fingerprint density at radius 1 is 0.862 bits per heavy atom. The maximum absolute atomic E-state index is 4.84. The average molecular weight is 388 g/mol. The van der Waals surface area contributed by atoms with Gasteiger partial charge in [0.05, 0.1) is 0 Å². The summed E-state index contributed by atoms with van der Waals surface area (Å²) in [7, 11) is 2.08. The van der Waals surface area contributed by atoms with Crippen molar-refractivity contribution >= 4 is 17.5 Å². The van der Waals surface area contributed by atoms with Gasteiger partial charge in [-0.2, -0.15) is 4.98 Å². The first-order valence-electron chi connectivity index (χ1n) is 10.3. The fraction of sp³-hybridized carbons (Fsp3) is 0.333. The molecule has 1 aromatic heterocycles. The van der Waals surface area contributed by atoms with Crippen LogP contribution in [-0.2, 0) is 6.54 Å². The zero-order valence-corrected chi connectivity index (χ0v) is 17.5. The minimum Gasteiger partial charge on any atom is -0.368 e. The predicted octanol–water partition coefficient (Wildman–Crippen LogP) is 4.06. The Kier molecular flexibility index (Phi) is 5.65. The van der Waals surface area contributed by atoms with Crippen molar-refractivity contribution in [3.63, 3.8) is 0 Å². The maximum atomic E-state index is 4.84. The maximum Gasteiger partial charge on any atom is 0.227 e. The Labute approximate surface area is 173 Å². The third-order valence-corrected chi connectivity index (χ3v) is 5.76. The van der Waals surface area contributed by atoms with E-state index in [2.05, 4.69) is 83.0 Å². The second kappa shape index (κ2) is 8.52. The third kappa shape index (κ3) is 4.34. The van der Waals surface area contributed by atoms with E-state index < -0.39 is 0 Å². The van der Waals surface area contributed by atoms with Crippen molar-refractivity contribution < 1.29 is 0 Å². The Bertz CT molecular complexity index is 948. The molecular formula is C24H29N5. The number of aromatic nitrogens is 2. The minimum atomic E-state index is 0.822. The summed E-state index contributed by atoms with van der Waals surface area (Å²) in [4.78, 5) is 16.3. The number of piperazine rings is 1. The number of hydrogen-bond acceptors (Lipinski definition) is 5. The van der Waals surface area contributed by atoms with E-state index in [1.54, 1.807) is 0 Å². The highest BCUT2D eigenvalue weighted by molar-refractivity contribution is 5.57. The molecule has 5 heteroatoms. The molecule has 29 heavy (non-hydrogen) atoms. The minimum absolute atomic E-state index is 0.822. The molecule has 1 saturated heterocycles. The summed E-state index contributed by atoms with van der Waals surface area (Å²) < 4.78 is 0. The van der Waals surface area contributed by atoms with Gasteiger partial charge in [0.15, 0.2) is 0 Å². The van der Waals surface area contributed by atoms with Gasteiger partial charge in [-0.3, -0.25) is 0 Å². The summed E-state index contributed by atoms with van der Waals surface area (Å²) in [6.07, 6.45) is 1.87. The molecule has 1 aliphatic rings. The van der Waals surface area contributed by atoms with Crippen molar-refractivity contribution in [3.8, 4) is 0 Å². The summed E-state index contributed by atoms with van der Waals surface area (Å²) in [6.45, 7) is 9.05. The molecule has 1 fully saturated rings. The summed E-state index contributed by atoms with van der Waals surface area (Å²) in [5.41, 5.74) is 5.35. The number of benzene rings is 2. The fourth-order valence-electron chi connectivity index (χ4n) is 3.87. The monoisotopic (exact) mass is 387 g/mol. The Morgan fingerprint density at radius 3 is 2.34 bits per heavy atom. The van der Waals surface area contributed by atoms with Crippen LogP contribution in [0.1, 0.15) is 16.7 Å². The highest BCUT2D eigenvalue weighted by Crippen LogP contribution is 2.25. The lowest BCUT2D eigenvalue weighted by Gasteiger charge is -2.37.